The van der Waals surface area contributed by atoms with E-state index in [-0.39, 0.29) is 6.15 Å². The van der Waals surface area contributed by atoms with E-state index in [2.05, 4.69) is 0 Å². The van der Waals surface area contributed by atoms with Crippen LogP contribution in [0.5, 0.6) is 0 Å². The van der Waals surface area contributed by atoms with Crippen LogP contribution in [0.1, 0.15) is 0 Å². The van der Waals surface area contributed by atoms with Crippen molar-refractivity contribution >= 4 is 33.6 Å². The fourth-order valence-corrected chi connectivity index (χ4v) is 0. The van der Waals surface area contributed by atoms with E-state index in [9.17, 15) is 0 Å². The van der Waals surface area contributed by atoms with Crippen LogP contribution in [-0.2, 0) is 0 Å². The third kappa shape index (κ3) is 11.4. The molecule has 0 spiro atoms. The Bertz CT molecular complexity index is 6.00. The zero-order valence-electron chi connectivity index (χ0n) is 2.17. The Balaban J connectivity index is 0. The Labute approximate surface area is 40.1 Å². The zero-order chi connectivity index (χ0) is 2.71. The van der Waals surface area contributed by atoms with Gasteiger partial charge in [0.25, 0.3) is 0 Å². The van der Waals surface area contributed by atoms with Crippen molar-refractivity contribution in [1.29, 1.82) is 0 Å². The Morgan fingerprint density at radius 1 is 1.25 bits per heavy atom. The number of rotatable bonds is 0. The molecule has 0 fully saturated rings. The van der Waals surface area contributed by atoms with Gasteiger partial charge in [-0.3, -0.25) is 0 Å². The molecule has 0 aromatic carbocycles. The van der Waals surface area contributed by atoms with Crippen molar-refractivity contribution in [1.82, 2.24) is 6.15 Å². The van der Waals surface area contributed by atoms with Gasteiger partial charge in [0, 0.05) is 0 Å². The molecule has 28 valence electrons. The molecule has 0 aliphatic rings. The van der Waals surface area contributed by atoms with Gasteiger partial charge in [-0.05, 0) is 0 Å². The summed E-state index contributed by atoms with van der Waals surface area (Å²) in [5.41, 5.74) is 0. The molecule has 0 radical (unpaired) electrons. The van der Waals surface area contributed by atoms with E-state index in [0.717, 1.165) is 0 Å². The molecule has 1 nitrogen and oxygen atoms in total. The molecular weight excluding hydrogens is 158 g/mol. The van der Waals surface area contributed by atoms with Gasteiger partial charge in [-0.25, -0.2) is 0 Å². The molecule has 4 heavy (non-hydrogen) atoms. The van der Waals surface area contributed by atoms with Crippen LogP contribution in [0.2, 0.25) is 0 Å². The van der Waals surface area contributed by atoms with E-state index < -0.39 is 13.6 Å². The van der Waals surface area contributed by atoms with Gasteiger partial charge < -0.3 is 6.15 Å². The van der Waals surface area contributed by atoms with E-state index in [4.69, 9.17) is 20.0 Å². The van der Waals surface area contributed by atoms with Gasteiger partial charge in [0.15, 0.2) is 0 Å². The second kappa shape index (κ2) is 8.94. The van der Waals surface area contributed by atoms with Gasteiger partial charge in [0.2, 0.25) is 0 Å². The van der Waals surface area contributed by atoms with Crippen LogP contribution in [0.4, 0.5) is 0 Å². The average Bonchev–Trinajstić information content (AvgIpc) is 0.918. The average molecular weight is 163 g/mol. The third-order valence-corrected chi connectivity index (χ3v) is 0. The van der Waals surface area contributed by atoms with Crippen molar-refractivity contribution in [2.24, 2.45) is 0 Å². The molecule has 0 saturated carbocycles. The number of hydrogen-bond acceptors (Lipinski definition) is 1. The fraction of sp³-hybridized carbons (Fsp3) is 0. The maximum atomic E-state index is 4.95. The summed E-state index contributed by atoms with van der Waals surface area (Å²) in [5, 5.41) is 0. The van der Waals surface area contributed by atoms with Crippen LogP contribution in [0.3, 0.4) is 0 Å². The van der Waals surface area contributed by atoms with Gasteiger partial charge in [-0.15, -0.1) is 0 Å². The van der Waals surface area contributed by atoms with E-state index in [0.29, 0.717) is 0 Å². The van der Waals surface area contributed by atoms with E-state index in [1.807, 2.05) is 0 Å². The molecule has 0 amide bonds. The Morgan fingerprint density at radius 3 is 1.25 bits per heavy atom. The summed E-state index contributed by atoms with van der Waals surface area (Å²) in [6.45, 7) is 0. The molecule has 0 aromatic heterocycles. The standard InChI is InChI=1S/Cl2GeH2.H3N/c1-3-2;/h3H2;1H3. The normalized spacial score (nSPS) is 4.50. The quantitative estimate of drug-likeness (QED) is 0.521. The number of hydrogen-bond donors (Lipinski definition) is 1. The first-order valence-electron chi connectivity index (χ1n) is 0.535. The van der Waals surface area contributed by atoms with Gasteiger partial charge in [-0.2, -0.15) is 0 Å². The van der Waals surface area contributed by atoms with Gasteiger partial charge in [0.1, 0.15) is 0 Å². The molecule has 0 aliphatic heterocycles. The van der Waals surface area contributed by atoms with E-state index in [1.54, 1.807) is 0 Å². The predicted octanol–water partition coefficient (Wildman–Crippen LogP) is 0.625. The molecule has 4 heteroatoms. The second-order valence-electron chi connectivity index (χ2n) is 0.101. The number of halogens is 2. The Kier molecular flexibility index (Phi) is 19.9. The SMILES string of the molecule is N.[Cl][GeH2][Cl]. The first-order valence-corrected chi connectivity index (χ1v) is 8.33. The first kappa shape index (κ1) is 8.92. The monoisotopic (exact) mass is 163 g/mol. The van der Waals surface area contributed by atoms with Crippen LogP contribution in [0.25, 0.3) is 0 Å². The van der Waals surface area contributed by atoms with Gasteiger partial charge in [0.05, 0.1) is 0 Å². The molecule has 0 aliphatic carbocycles. The van der Waals surface area contributed by atoms with Gasteiger partial charge >= 0.3 is 33.6 Å². The van der Waals surface area contributed by atoms with Crippen molar-refractivity contribution in [3.63, 3.8) is 0 Å². The van der Waals surface area contributed by atoms with Crippen LogP contribution in [-0.4, -0.2) is 13.6 Å². The molecule has 0 atom stereocenters. The summed E-state index contributed by atoms with van der Waals surface area (Å²) in [6, 6.07) is 0. The topological polar surface area (TPSA) is 35.0 Å². The van der Waals surface area contributed by atoms with E-state index >= 15 is 0 Å². The molecule has 0 aromatic rings. The van der Waals surface area contributed by atoms with Crippen LogP contribution >= 0.6 is 20.0 Å². The Hall–Kier alpha value is 1.08. The minimum absolute atomic E-state index is 0. The summed E-state index contributed by atoms with van der Waals surface area (Å²) >= 11 is -0.931. The molecule has 0 bridgehead atoms. The van der Waals surface area contributed by atoms with E-state index in [1.165, 1.54) is 0 Å². The second-order valence-corrected chi connectivity index (χ2v) is 4.72. The third-order valence-electron chi connectivity index (χ3n) is 0. The molecular formula is H5Cl2GeN. The predicted molar refractivity (Wildman–Crippen MR) is 25.3 cm³/mol. The zero-order valence-corrected chi connectivity index (χ0v) is 6.65. The van der Waals surface area contributed by atoms with Crippen molar-refractivity contribution in [3.8, 4) is 0 Å². The molecule has 3 N–H and O–H groups in total. The molecule has 0 saturated heterocycles. The summed E-state index contributed by atoms with van der Waals surface area (Å²) in [4.78, 5) is 0. The first-order chi connectivity index (χ1) is 1.41. The Morgan fingerprint density at radius 2 is 1.25 bits per heavy atom. The van der Waals surface area contributed by atoms with Crippen molar-refractivity contribution in [2.75, 3.05) is 0 Å². The molecule has 0 rings (SSSR count). The van der Waals surface area contributed by atoms with Crippen LogP contribution in [0.15, 0.2) is 0 Å². The minimum atomic E-state index is -0.931. The molecule has 0 heterocycles. The summed E-state index contributed by atoms with van der Waals surface area (Å²) in [7, 11) is 9.90. The summed E-state index contributed by atoms with van der Waals surface area (Å²) in [6.07, 6.45) is 0. The van der Waals surface area contributed by atoms with Gasteiger partial charge in [-0.1, -0.05) is 0 Å². The van der Waals surface area contributed by atoms with Crippen molar-refractivity contribution < 1.29 is 0 Å². The van der Waals surface area contributed by atoms with Crippen molar-refractivity contribution in [3.05, 3.63) is 0 Å². The summed E-state index contributed by atoms with van der Waals surface area (Å²) < 4.78 is 0. The van der Waals surface area contributed by atoms with Crippen molar-refractivity contribution in [2.45, 2.75) is 0 Å². The maximum absolute atomic E-state index is 4.95. The van der Waals surface area contributed by atoms with Crippen LogP contribution in [0, 0.1) is 0 Å². The summed E-state index contributed by atoms with van der Waals surface area (Å²) in [5.74, 6) is 0. The fourth-order valence-electron chi connectivity index (χ4n) is 0. The van der Waals surface area contributed by atoms with Crippen LogP contribution < -0.4 is 6.15 Å². The molecule has 0 unspecified atom stereocenters.